The summed E-state index contributed by atoms with van der Waals surface area (Å²) in [6, 6.07) is 0. The van der Waals surface area contributed by atoms with Crippen molar-refractivity contribution in [2.24, 2.45) is 0 Å². The lowest BCUT2D eigenvalue weighted by Gasteiger charge is -2.16. The number of hydrogen-bond donors (Lipinski definition) is 1. The highest BCUT2D eigenvalue weighted by Crippen LogP contribution is 2.11. The molecule has 0 bridgehead atoms. The van der Waals surface area contributed by atoms with Crippen LogP contribution in [0.4, 0.5) is 0 Å². The van der Waals surface area contributed by atoms with Crippen LogP contribution in [0.15, 0.2) is 0 Å². The summed E-state index contributed by atoms with van der Waals surface area (Å²) in [4.78, 5) is 10.2. The molecular weight excluding hydrogens is 119 g/mol. The molecule has 0 aromatic heterocycles. The number of carbonyl (C=O) groups is 1. The van der Waals surface area contributed by atoms with Gasteiger partial charge in [0.05, 0.1) is 6.61 Å². The lowest BCUT2D eigenvalue weighted by molar-refractivity contribution is -0.138. The first kappa shape index (κ1) is 6.61. The minimum atomic E-state index is -0.783. The molecule has 3 nitrogen and oxygen atoms in total. The molecule has 4 heteroatoms. The molecule has 9 heavy (non-hydrogen) atoms. The van der Waals surface area contributed by atoms with Crippen LogP contribution in [0, 0.1) is 0 Å². The van der Waals surface area contributed by atoms with Gasteiger partial charge in [-0.25, -0.2) is 0 Å². The van der Waals surface area contributed by atoms with Crippen molar-refractivity contribution >= 4 is 13.2 Å². The summed E-state index contributed by atoms with van der Waals surface area (Å²) < 4.78 is 4.93. The molecule has 49 valence electrons. The van der Waals surface area contributed by atoms with Gasteiger partial charge in [0.15, 0.2) is 0 Å². The Labute approximate surface area is 54.2 Å². The van der Waals surface area contributed by atoms with Crippen molar-refractivity contribution in [2.75, 3.05) is 13.2 Å². The minimum absolute atomic E-state index is 0.343. The Hall–Kier alpha value is -0.505. The number of ether oxygens (including phenoxy) is 1. The van der Waals surface area contributed by atoms with Crippen LogP contribution in [-0.2, 0) is 9.53 Å². The summed E-state index contributed by atoms with van der Waals surface area (Å²) in [5.74, 6) is -1.16. The summed E-state index contributed by atoms with van der Waals surface area (Å²) in [7, 11) is 1.78. The molecule has 0 amide bonds. The zero-order chi connectivity index (χ0) is 6.69. The number of carboxylic acid groups (broad SMARTS) is 1. The maximum atomic E-state index is 10.2. The van der Waals surface area contributed by atoms with Crippen LogP contribution >= 0.6 is 0 Å². The van der Waals surface area contributed by atoms with E-state index in [1.165, 1.54) is 0 Å². The fourth-order valence-corrected chi connectivity index (χ4v) is 0.803. The Morgan fingerprint density at radius 1 is 1.78 bits per heavy atom. The van der Waals surface area contributed by atoms with Crippen LogP contribution in [0.25, 0.3) is 0 Å². The van der Waals surface area contributed by atoms with E-state index in [0.717, 1.165) is 6.32 Å². The van der Waals surface area contributed by atoms with Crippen molar-refractivity contribution in [1.29, 1.82) is 0 Å². The van der Waals surface area contributed by atoms with Crippen LogP contribution < -0.4 is 0 Å². The molecule has 1 atom stereocenters. The van der Waals surface area contributed by atoms with Gasteiger partial charge in [-0.1, -0.05) is 6.32 Å². The van der Waals surface area contributed by atoms with E-state index < -0.39 is 5.97 Å². The first-order chi connectivity index (χ1) is 4.30. The summed E-state index contributed by atoms with van der Waals surface area (Å²) >= 11 is 0. The molecule has 1 heterocycles. The first-order valence-corrected chi connectivity index (χ1v) is 2.94. The normalized spacial score (nSPS) is 26.9. The molecule has 1 saturated heterocycles. The molecule has 1 radical (unpaired) electrons. The summed E-state index contributed by atoms with van der Waals surface area (Å²) in [5.41, 5.74) is 0. The van der Waals surface area contributed by atoms with Crippen LogP contribution in [0.3, 0.4) is 0 Å². The minimum Gasteiger partial charge on any atom is -0.481 e. The number of aliphatic carboxylic acids is 1. The van der Waals surface area contributed by atoms with E-state index >= 15 is 0 Å². The van der Waals surface area contributed by atoms with Gasteiger partial charge in [0.1, 0.15) is 7.28 Å². The van der Waals surface area contributed by atoms with E-state index in [9.17, 15) is 4.79 Å². The Balaban J connectivity index is 2.31. The maximum absolute atomic E-state index is 10.2. The Kier molecular flexibility index (Phi) is 2.11. The maximum Gasteiger partial charge on any atom is 0.300 e. The highest BCUT2D eigenvalue weighted by Gasteiger charge is 2.21. The second kappa shape index (κ2) is 2.87. The van der Waals surface area contributed by atoms with E-state index in [-0.39, 0.29) is 5.82 Å². The fraction of sp³-hybridized carbons (Fsp3) is 0.800. The largest absolute Gasteiger partial charge is 0.481 e. The van der Waals surface area contributed by atoms with Gasteiger partial charge in [-0.2, -0.15) is 0 Å². The average molecular weight is 127 g/mol. The standard InChI is InChI=1S/C5H8BO3/c7-5(8)4-3-9-2-1-6-4/h4H,1-3H2,(H,7,8). The van der Waals surface area contributed by atoms with Gasteiger partial charge >= 0.3 is 5.97 Å². The molecule has 0 saturated carbocycles. The average Bonchev–Trinajstić information content (AvgIpc) is 1.90. The molecule has 1 N–H and O–H groups in total. The molecule has 1 fully saturated rings. The van der Waals surface area contributed by atoms with E-state index in [1.54, 1.807) is 7.28 Å². The Morgan fingerprint density at radius 3 is 2.89 bits per heavy atom. The van der Waals surface area contributed by atoms with Gasteiger partial charge in [-0.05, 0) is 0 Å². The molecule has 1 unspecified atom stereocenters. The van der Waals surface area contributed by atoms with Crippen molar-refractivity contribution in [2.45, 2.75) is 12.1 Å². The van der Waals surface area contributed by atoms with Crippen LogP contribution in [0.2, 0.25) is 12.1 Å². The van der Waals surface area contributed by atoms with Crippen LogP contribution in [0.1, 0.15) is 0 Å². The fourth-order valence-electron chi connectivity index (χ4n) is 0.803. The van der Waals surface area contributed by atoms with Crippen molar-refractivity contribution in [1.82, 2.24) is 0 Å². The van der Waals surface area contributed by atoms with E-state index in [0.29, 0.717) is 13.2 Å². The predicted octanol–water partition coefficient (Wildman–Crippen LogP) is 0.0122. The van der Waals surface area contributed by atoms with Crippen LogP contribution in [-0.4, -0.2) is 31.6 Å². The molecule has 1 aliphatic heterocycles. The van der Waals surface area contributed by atoms with Crippen LogP contribution in [0.5, 0.6) is 0 Å². The zero-order valence-electron chi connectivity index (χ0n) is 5.04. The molecular formula is C5H8BO3. The second-order valence-electron chi connectivity index (χ2n) is 2.04. The third kappa shape index (κ3) is 1.71. The van der Waals surface area contributed by atoms with Gasteiger partial charge < -0.3 is 9.84 Å². The molecule has 1 aliphatic rings. The zero-order valence-corrected chi connectivity index (χ0v) is 5.04. The van der Waals surface area contributed by atoms with Gasteiger partial charge in [0.25, 0.3) is 0 Å². The number of carboxylic acids is 1. The number of rotatable bonds is 1. The Bertz CT molecular complexity index is 109. The summed E-state index contributed by atoms with van der Waals surface area (Å²) in [5, 5.41) is 8.43. The van der Waals surface area contributed by atoms with E-state index in [1.807, 2.05) is 0 Å². The van der Waals surface area contributed by atoms with Gasteiger partial charge in [0.2, 0.25) is 0 Å². The molecule has 0 aromatic carbocycles. The van der Waals surface area contributed by atoms with E-state index in [2.05, 4.69) is 0 Å². The molecule has 0 aliphatic carbocycles. The lowest BCUT2D eigenvalue weighted by atomic mass is 9.61. The number of hydrogen-bond acceptors (Lipinski definition) is 2. The quantitative estimate of drug-likeness (QED) is 0.504. The third-order valence-electron chi connectivity index (χ3n) is 1.33. The van der Waals surface area contributed by atoms with Crippen molar-refractivity contribution in [3.05, 3.63) is 0 Å². The molecule has 0 aromatic rings. The first-order valence-electron chi connectivity index (χ1n) is 2.94. The second-order valence-corrected chi connectivity index (χ2v) is 2.04. The topological polar surface area (TPSA) is 46.5 Å². The van der Waals surface area contributed by atoms with E-state index in [4.69, 9.17) is 9.84 Å². The van der Waals surface area contributed by atoms with Gasteiger partial charge in [-0.15, -0.1) is 0 Å². The smallest absolute Gasteiger partial charge is 0.300 e. The van der Waals surface area contributed by atoms with Crippen molar-refractivity contribution in [3.63, 3.8) is 0 Å². The highest BCUT2D eigenvalue weighted by molar-refractivity contribution is 6.43. The molecule has 0 spiro atoms. The predicted molar refractivity (Wildman–Crippen MR) is 32.8 cm³/mol. The van der Waals surface area contributed by atoms with Gasteiger partial charge in [0, 0.05) is 12.4 Å². The van der Waals surface area contributed by atoms with Crippen molar-refractivity contribution in [3.8, 4) is 0 Å². The van der Waals surface area contributed by atoms with Gasteiger partial charge in [-0.3, -0.25) is 4.79 Å². The summed E-state index contributed by atoms with van der Waals surface area (Å²) in [6.45, 7) is 1.01. The summed E-state index contributed by atoms with van der Waals surface area (Å²) in [6.07, 6.45) is 0.761. The Morgan fingerprint density at radius 2 is 2.56 bits per heavy atom. The highest BCUT2D eigenvalue weighted by atomic mass is 16.5. The monoisotopic (exact) mass is 127 g/mol. The molecule has 1 rings (SSSR count). The van der Waals surface area contributed by atoms with Crippen molar-refractivity contribution < 1.29 is 14.6 Å². The lowest BCUT2D eigenvalue weighted by Crippen LogP contribution is -2.25. The SMILES string of the molecule is O=C(O)C1[B]CCOC1. The third-order valence-corrected chi connectivity index (χ3v) is 1.33.